The zero-order chi connectivity index (χ0) is 28.3. The topological polar surface area (TPSA) is 34.1 Å². The molecule has 0 fully saturated rings. The van der Waals surface area contributed by atoms with E-state index in [1.54, 1.807) is 0 Å². The molecule has 0 aliphatic heterocycles. The van der Waals surface area contributed by atoms with E-state index < -0.39 is 19.9 Å². The molecule has 202 valence electrons. The van der Waals surface area contributed by atoms with Gasteiger partial charge in [0, 0.05) is 27.4 Å². The zero-order valence-corrected chi connectivity index (χ0v) is 25.4. The van der Waals surface area contributed by atoms with Crippen molar-refractivity contribution in [2.24, 2.45) is 0 Å². The Labute approximate surface area is 238 Å². The molecule has 1 atom stereocenters. The van der Waals surface area contributed by atoms with Gasteiger partial charge in [-0.1, -0.05) is 127 Å². The quantitative estimate of drug-likeness (QED) is 0.180. The van der Waals surface area contributed by atoms with Crippen molar-refractivity contribution in [3.8, 4) is 0 Å². The third-order valence-corrected chi connectivity index (χ3v) is 15.5. The largest absolute Gasteiger partial charge is 0.314 e. The van der Waals surface area contributed by atoms with Gasteiger partial charge in [0.15, 0.2) is 7.14 Å². The molecule has 40 heavy (non-hydrogen) atoms. The molecule has 0 spiro atoms. The highest BCUT2D eigenvalue weighted by Gasteiger charge is 2.45. The fourth-order valence-corrected chi connectivity index (χ4v) is 14.2. The van der Waals surface area contributed by atoms with Gasteiger partial charge in [-0.15, -0.1) is 0 Å². The van der Waals surface area contributed by atoms with Gasteiger partial charge in [-0.2, -0.15) is 0 Å². The average Bonchev–Trinajstić information content (AvgIpc) is 2.97. The van der Waals surface area contributed by atoms with Crippen molar-refractivity contribution in [3.63, 3.8) is 0 Å². The molecule has 0 aromatic heterocycles. The van der Waals surface area contributed by atoms with Gasteiger partial charge in [-0.05, 0) is 55.5 Å². The molecule has 5 aromatic rings. The Morgan fingerprint density at radius 1 is 0.450 bits per heavy atom. The molecular formula is C36H36O2P2. The third kappa shape index (κ3) is 5.08. The summed E-state index contributed by atoms with van der Waals surface area (Å²) < 4.78 is 31.9. The van der Waals surface area contributed by atoms with Crippen LogP contribution < -0.4 is 21.2 Å². The predicted molar refractivity (Wildman–Crippen MR) is 173 cm³/mol. The van der Waals surface area contributed by atoms with Crippen LogP contribution in [0.15, 0.2) is 127 Å². The normalized spacial score (nSPS) is 12.7. The summed E-state index contributed by atoms with van der Waals surface area (Å²) in [6.07, 6.45) is 0.257. The highest BCUT2D eigenvalue weighted by molar-refractivity contribution is 7.82. The minimum absolute atomic E-state index is 0.257. The molecule has 0 amide bonds. The molecule has 0 radical (unpaired) electrons. The highest BCUT2D eigenvalue weighted by Crippen LogP contribution is 2.64. The standard InChI is InChI=1S/C36H36O2P2/c1-27-16-8-12-22-32(27)39(37,33-23-13-9-17-28(33)2)26-36(31-20-6-5-7-21-31)40(38,34-24-14-10-18-29(34)3)35-25-15-11-19-30(35)4/h5-25,36H,26H2,1-4H3. The van der Waals surface area contributed by atoms with Crippen LogP contribution >= 0.6 is 14.3 Å². The van der Waals surface area contributed by atoms with E-state index >= 15 is 9.13 Å². The summed E-state index contributed by atoms with van der Waals surface area (Å²) >= 11 is 0. The molecule has 4 heteroatoms. The SMILES string of the molecule is Cc1ccccc1P(=O)(CC(c1ccccc1)P(=O)(c1ccccc1C)c1ccccc1C)c1ccccc1C. The summed E-state index contributed by atoms with van der Waals surface area (Å²) in [5.74, 6) is 0. The minimum atomic E-state index is -3.37. The summed E-state index contributed by atoms with van der Waals surface area (Å²) in [4.78, 5) is 0. The molecule has 1 unspecified atom stereocenters. The Morgan fingerprint density at radius 2 is 0.775 bits per heavy atom. The van der Waals surface area contributed by atoms with Crippen molar-refractivity contribution < 1.29 is 9.13 Å². The van der Waals surface area contributed by atoms with Gasteiger partial charge in [0.05, 0.1) is 5.66 Å². The lowest BCUT2D eigenvalue weighted by atomic mass is 10.2. The van der Waals surface area contributed by atoms with Crippen LogP contribution in [-0.4, -0.2) is 6.16 Å². The molecule has 0 aliphatic carbocycles. The fraction of sp³-hybridized carbons (Fsp3) is 0.167. The van der Waals surface area contributed by atoms with E-state index in [1.165, 1.54) is 0 Å². The lowest BCUT2D eigenvalue weighted by Gasteiger charge is -2.34. The average molecular weight is 563 g/mol. The number of rotatable bonds is 8. The van der Waals surface area contributed by atoms with Gasteiger partial charge < -0.3 is 9.13 Å². The second kappa shape index (κ2) is 11.6. The monoisotopic (exact) mass is 562 g/mol. The summed E-state index contributed by atoms with van der Waals surface area (Å²) in [6, 6.07) is 42.0. The van der Waals surface area contributed by atoms with Crippen LogP contribution in [0.3, 0.4) is 0 Å². The molecule has 0 saturated carbocycles. The predicted octanol–water partition coefficient (Wildman–Crippen LogP) is 7.99. The van der Waals surface area contributed by atoms with Crippen molar-refractivity contribution in [1.82, 2.24) is 0 Å². The number of hydrogen-bond acceptors (Lipinski definition) is 2. The van der Waals surface area contributed by atoms with Gasteiger partial charge in [-0.25, -0.2) is 0 Å². The summed E-state index contributed by atoms with van der Waals surface area (Å²) in [5.41, 5.74) is 4.39. The lowest BCUT2D eigenvalue weighted by Crippen LogP contribution is -2.30. The molecule has 0 saturated heterocycles. The number of hydrogen-bond donors (Lipinski definition) is 0. The third-order valence-electron chi connectivity index (χ3n) is 8.01. The maximum Gasteiger partial charge on any atom is 0.151 e. The zero-order valence-electron chi connectivity index (χ0n) is 23.6. The summed E-state index contributed by atoms with van der Waals surface area (Å²) in [7, 11) is -6.63. The van der Waals surface area contributed by atoms with Crippen LogP contribution in [0, 0.1) is 27.7 Å². The van der Waals surface area contributed by atoms with Crippen LogP contribution in [0.25, 0.3) is 0 Å². The van der Waals surface area contributed by atoms with Crippen LogP contribution in [-0.2, 0) is 9.13 Å². The van der Waals surface area contributed by atoms with Crippen LogP contribution in [0.2, 0.25) is 0 Å². The van der Waals surface area contributed by atoms with Crippen LogP contribution in [0.5, 0.6) is 0 Å². The van der Waals surface area contributed by atoms with E-state index in [0.29, 0.717) is 0 Å². The summed E-state index contributed by atoms with van der Waals surface area (Å²) in [6.45, 7) is 8.12. The molecule has 5 rings (SSSR count). The van der Waals surface area contributed by atoms with E-state index in [9.17, 15) is 0 Å². The Balaban J connectivity index is 1.86. The van der Waals surface area contributed by atoms with E-state index in [1.807, 2.05) is 155 Å². The van der Waals surface area contributed by atoms with Gasteiger partial charge in [0.2, 0.25) is 0 Å². The summed E-state index contributed by atoms with van der Waals surface area (Å²) in [5, 5.41) is 3.34. The molecule has 0 N–H and O–H groups in total. The molecular weight excluding hydrogens is 526 g/mol. The Bertz CT molecular complexity index is 1640. The molecule has 0 bridgehead atoms. The first-order valence-electron chi connectivity index (χ1n) is 13.8. The van der Waals surface area contributed by atoms with Gasteiger partial charge in [0.1, 0.15) is 7.14 Å². The molecule has 0 aliphatic rings. The lowest BCUT2D eigenvalue weighted by molar-refractivity contribution is 0.574. The molecule has 5 aromatic carbocycles. The first kappa shape index (κ1) is 28.1. The van der Waals surface area contributed by atoms with Crippen molar-refractivity contribution >= 4 is 35.5 Å². The maximum atomic E-state index is 16.1. The number of benzene rings is 5. The van der Waals surface area contributed by atoms with Crippen molar-refractivity contribution in [1.29, 1.82) is 0 Å². The van der Waals surface area contributed by atoms with Crippen LogP contribution in [0.1, 0.15) is 33.5 Å². The van der Waals surface area contributed by atoms with Gasteiger partial charge >= 0.3 is 0 Å². The van der Waals surface area contributed by atoms with Crippen molar-refractivity contribution in [2.45, 2.75) is 33.4 Å². The van der Waals surface area contributed by atoms with E-state index in [-0.39, 0.29) is 6.16 Å². The van der Waals surface area contributed by atoms with E-state index in [4.69, 9.17) is 0 Å². The van der Waals surface area contributed by atoms with Crippen molar-refractivity contribution in [3.05, 3.63) is 155 Å². The van der Waals surface area contributed by atoms with Crippen LogP contribution in [0.4, 0.5) is 0 Å². The Morgan fingerprint density at radius 3 is 1.15 bits per heavy atom. The first-order chi connectivity index (χ1) is 19.3. The smallest absolute Gasteiger partial charge is 0.151 e. The minimum Gasteiger partial charge on any atom is -0.314 e. The first-order valence-corrected chi connectivity index (χ1v) is 17.4. The van der Waals surface area contributed by atoms with Crippen molar-refractivity contribution in [2.75, 3.05) is 6.16 Å². The second-order valence-electron chi connectivity index (χ2n) is 10.7. The van der Waals surface area contributed by atoms with Gasteiger partial charge in [0.25, 0.3) is 0 Å². The Hall–Kier alpha value is -3.44. The van der Waals surface area contributed by atoms with E-state index in [2.05, 4.69) is 0 Å². The van der Waals surface area contributed by atoms with E-state index in [0.717, 1.165) is 49.0 Å². The molecule has 0 heterocycles. The second-order valence-corrected chi connectivity index (χ2v) is 16.4. The number of aryl methyl sites for hydroxylation is 4. The highest BCUT2D eigenvalue weighted by atomic mass is 31.2. The Kier molecular flexibility index (Phi) is 8.14. The maximum absolute atomic E-state index is 16.1. The fourth-order valence-electron chi connectivity index (χ4n) is 5.95. The van der Waals surface area contributed by atoms with Gasteiger partial charge in [-0.3, -0.25) is 0 Å². The molecule has 2 nitrogen and oxygen atoms in total.